The minimum Gasteiger partial charge on any atom is -0.338 e. The number of carbonyl (C=O) groups excluding carboxylic acids is 1. The highest BCUT2D eigenvalue weighted by molar-refractivity contribution is 5.73. The van der Waals surface area contributed by atoms with Crippen LogP contribution in [-0.4, -0.2) is 36.0 Å². The minimum absolute atomic E-state index is 0.151. The molecule has 2 aromatic rings. The molecule has 1 fully saturated rings. The summed E-state index contributed by atoms with van der Waals surface area (Å²) >= 11 is 0. The molecular formula is C23H29FN2O. The van der Waals surface area contributed by atoms with Gasteiger partial charge in [0.05, 0.1) is 6.04 Å². The number of carbonyl (C=O) groups is 1. The molecule has 1 saturated heterocycles. The molecule has 144 valence electrons. The molecule has 1 heterocycles. The average molecular weight is 368 g/mol. The lowest BCUT2D eigenvalue weighted by Gasteiger charge is -2.41. The number of nitrogens with zero attached hydrogens (tertiary/aromatic N) is 1. The average Bonchev–Trinajstić information content (AvgIpc) is 2.64. The van der Waals surface area contributed by atoms with Crippen molar-refractivity contribution in [3.05, 3.63) is 71.0 Å². The van der Waals surface area contributed by atoms with Crippen LogP contribution < -0.4 is 5.32 Å². The lowest BCUT2D eigenvalue weighted by molar-refractivity contribution is -0.133. The second kappa shape index (κ2) is 9.14. The van der Waals surface area contributed by atoms with Crippen molar-refractivity contribution in [3.8, 4) is 0 Å². The zero-order chi connectivity index (χ0) is 19.2. The van der Waals surface area contributed by atoms with Crippen molar-refractivity contribution < 1.29 is 9.18 Å². The first-order valence-electron chi connectivity index (χ1n) is 9.83. The van der Waals surface area contributed by atoms with Gasteiger partial charge in [-0.3, -0.25) is 4.79 Å². The van der Waals surface area contributed by atoms with Crippen LogP contribution in [0.15, 0.2) is 48.5 Å². The Hall–Kier alpha value is -2.20. The van der Waals surface area contributed by atoms with Gasteiger partial charge in [-0.25, -0.2) is 4.39 Å². The van der Waals surface area contributed by atoms with Crippen LogP contribution in [0.4, 0.5) is 4.39 Å². The predicted molar refractivity (Wildman–Crippen MR) is 107 cm³/mol. The van der Waals surface area contributed by atoms with E-state index in [1.807, 2.05) is 17.0 Å². The molecule has 1 aliphatic heterocycles. The highest BCUT2D eigenvalue weighted by Gasteiger charge is 2.32. The van der Waals surface area contributed by atoms with Gasteiger partial charge < -0.3 is 10.2 Å². The van der Waals surface area contributed by atoms with E-state index in [2.05, 4.69) is 36.5 Å². The monoisotopic (exact) mass is 368 g/mol. The standard InChI is InChI=1S/C23H29FN2O/c1-17-5-3-6-20(15-17)16-23-22(7-4-14-26(23)18(2)27)25-13-12-19-8-10-21(24)11-9-19/h3,5-6,8-11,15,22-23,25H,4,7,12-14,16H2,1-2H3/t22-,23-/m0/s1. The Bertz CT molecular complexity index is 759. The molecule has 0 aromatic heterocycles. The number of nitrogens with one attached hydrogen (secondary N) is 1. The highest BCUT2D eigenvalue weighted by Crippen LogP contribution is 2.22. The topological polar surface area (TPSA) is 32.3 Å². The van der Waals surface area contributed by atoms with Crippen molar-refractivity contribution >= 4 is 5.91 Å². The van der Waals surface area contributed by atoms with Crippen LogP contribution in [0.1, 0.15) is 36.5 Å². The number of benzene rings is 2. The molecule has 0 bridgehead atoms. The maximum Gasteiger partial charge on any atom is 0.219 e. The molecule has 2 atom stereocenters. The number of likely N-dealkylation sites (tertiary alicyclic amines) is 1. The Morgan fingerprint density at radius 3 is 2.67 bits per heavy atom. The molecule has 4 heteroatoms. The molecule has 2 aromatic carbocycles. The summed E-state index contributed by atoms with van der Waals surface area (Å²) in [6.07, 6.45) is 3.82. The number of rotatable bonds is 6. The fraction of sp³-hybridized carbons (Fsp3) is 0.435. The first-order valence-corrected chi connectivity index (χ1v) is 9.83. The van der Waals surface area contributed by atoms with E-state index in [9.17, 15) is 9.18 Å². The molecule has 1 N–H and O–H groups in total. The number of amides is 1. The lowest BCUT2D eigenvalue weighted by Crippen LogP contribution is -2.56. The van der Waals surface area contributed by atoms with Crippen molar-refractivity contribution in [1.29, 1.82) is 0 Å². The summed E-state index contributed by atoms with van der Waals surface area (Å²) in [6, 6.07) is 15.7. The number of hydrogen-bond donors (Lipinski definition) is 1. The zero-order valence-electron chi connectivity index (χ0n) is 16.2. The number of hydrogen-bond acceptors (Lipinski definition) is 2. The van der Waals surface area contributed by atoms with Crippen molar-refractivity contribution in [2.45, 2.75) is 51.6 Å². The summed E-state index contributed by atoms with van der Waals surface area (Å²) in [5, 5.41) is 3.67. The van der Waals surface area contributed by atoms with Crippen molar-refractivity contribution in [3.63, 3.8) is 0 Å². The predicted octanol–water partition coefficient (Wildman–Crippen LogP) is 3.89. The summed E-state index contributed by atoms with van der Waals surface area (Å²) in [7, 11) is 0. The van der Waals surface area contributed by atoms with E-state index in [-0.39, 0.29) is 23.8 Å². The van der Waals surface area contributed by atoms with E-state index in [4.69, 9.17) is 0 Å². The molecule has 1 amide bonds. The molecule has 0 aliphatic carbocycles. The molecule has 0 spiro atoms. The largest absolute Gasteiger partial charge is 0.338 e. The van der Waals surface area contributed by atoms with E-state index in [0.717, 1.165) is 44.3 Å². The fourth-order valence-electron chi connectivity index (χ4n) is 4.07. The van der Waals surface area contributed by atoms with E-state index in [1.165, 1.54) is 23.3 Å². The molecule has 3 nitrogen and oxygen atoms in total. The molecule has 27 heavy (non-hydrogen) atoms. The van der Waals surface area contributed by atoms with Crippen LogP contribution in [0, 0.1) is 12.7 Å². The minimum atomic E-state index is -0.200. The first-order chi connectivity index (χ1) is 13.0. The third-order valence-corrected chi connectivity index (χ3v) is 5.44. The van der Waals surface area contributed by atoms with Gasteiger partial charge in [0, 0.05) is 19.5 Å². The van der Waals surface area contributed by atoms with Crippen molar-refractivity contribution in [2.24, 2.45) is 0 Å². The van der Waals surface area contributed by atoms with E-state index >= 15 is 0 Å². The summed E-state index contributed by atoms with van der Waals surface area (Å²) in [5.41, 5.74) is 3.65. The summed E-state index contributed by atoms with van der Waals surface area (Å²) in [4.78, 5) is 14.2. The maximum absolute atomic E-state index is 13.1. The fourth-order valence-corrected chi connectivity index (χ4v) is 4.07. The zero-order valence-corrected chi connectivity index (χ0v) is 16.2. The molecule has 0 radical (unpaired) electrons. The molecular weight excluding hydrogens is 339 g/mol. The Morgan fingerprint density at radius 2 is 1.96 bits per heavy atom. The summed E-state index contributed by atoms with van der Waals surface area (Å²) < 4.78 is 13.1. The first kappa shape index (κ1) is 19.6. The van der Waals surface area contributed by atoms with Gasteiger partial charge in [0.2, 0.25) is 5.91 Å². The highest BCUT2D eigenvalue weighted by atomic mass is 19.1. The van der Waals surface area contributed by atoms with E-state index < -0.39 is 0 Å². The molecule has 1 aliphatic rings. The number of aryl methyl sites for hydroxylation is 1. The lowest BCUT2D eigenvalue weighted by atomic mass is 9.90. The van der Waals surface area contributed by atoms with Crippen LogP contribution >= 0.6 is 0 Å². The van der Waals surface area contributed by atoms with Gasteiger partial charge in [-0.1, -0.05) is 42.0 Å². The van der Waals surface area contributed by atoms with Gasteiger partial charge >= 0.3 is 0 Å². The molecule has 0 saturated carbocycles. The van der Waals surface area contributed by atoms with Crippen LogP contribution in [0.25, 0.3) is 0 Å². The Morgan fingerprint density at radius 1 is 1.19 bits per heavy atom. The van der Waals surface area contributed by atoms with Crippen LogP contribution in [0.2, 0.25) is 0 Å². The Kier molecular flexibility index (Phi) is 6.62. The number of piperidine rings is 1. The van der Waals surface area contributed by atoms with Gasteiger partial charge in [0.1, 0.15) is 5.82 Å². The van der Waals surface area contributed by atoms with Gasteiger partial charge in [0.15, 0.2) is 0 Å². The van der Waals surface area contributed by atoms with Gasteiger partial charge in [-0.2, -0.15) is 0 Å². The normalized spacial score (nSPS) is 19.9. The van der Waals surface area contributed by atoms with Crippen molar-refractivity contribution in [1.82, 2.24) is 10.2 Å². The smallest absolute Gasteiger partial charge is 0.219 e. The third kappa shape index (κ3) is 5.39. The molecule has 0 unspecified atom stereocenters. The van der Waals surface area contributed by atoms with Gasteiger partial charge in [0.25, 0.3) is 0 Å². The molecule has 3 rings (SSSR count). The Labute approximate surface area is 161 Å². The Balaban J connectivity index is 1.66. The second-order valence-corrected chi connectivity index (χ2v) is 7.55. The van der Waals surface area contributed by atoms with Crippen LogP contribution in [0.5, 0.6) is 0 Å². The SMILES string of the molecule is CC(=O)N1CCC[C@H](NCCc2ccc(F)cc2)[C@@H]1Cc1cccc(C)c1. The van der Waals surface area contributed by atoms with Crippen LogP contribution in [0.3, 0.4) is 0 Å². The second-order valence-electron chi connectivity index (χ2n) is 7.55. The van der Waals surface area contributed by atoms with Gasteiger partial charge in [-0.15, -0.1) is 0 Å². The van der Waals surface area contributed by atoms with E-state index in [0.29, 0.717) is 0 Å². The third-order valence-electron chi connectivity index (χ3n) is 5.44. The maximum atomic E-state index is 13.1. The summed E-state index contributed by atoms with van der Waals surface area (Å²) in [6.45, 7) is 5.43. The summed E-state index contributed by atoms with van der Waals surface area (Å²) in [5.74, 6) is -0.0491. The van der Waals surface area contributed by atoms with Gasteiger partial charge in [-0.05, 0) is 62.4 Å². The number of halogens is 1. The van der Waals surface area contributed by atoms with Crippen LogP contribution in [-0.2, 0) is 17.6 Å². The van der Waals surface area contributed by atoms with E-state index in [1.54, 1.807) is 6.92 Å². The van der Waals surface area contributed by atoms with Crippen molar-refractivity contribution in [2.75, 3.05) is 13.1 Å². The quantitative estimate of drug-likeness (QED) is 0.839.